The third-order valence-electron chi connectivity index (χ3n) is 3.50. The second-order valence-corrected chi connectivity index (χ2v) is 4.96. The Labute approximate surface area is 108 Å². The Morgan fingerprint density at radius 2 is 2.17 bits per heavy atom. The Bertz CT molecular complexity index is 404. The molecular formula is C14H21NO3. The monoisotopic (exact) mass is 251 g/mol. The largest absolute Gasteiger partial charge is 0.507 e. The summed E-state index contributed by atoms with van der Waals surface area (Å²) in [4.78, 5) is 0. The third kappa shape index (κ3) is 3.15. The van der Waals surface area contributed by atoms with E-state index < -0.39 is 0 Å². The zero-order valence-corrected chi connectivity index (χ0v) is 10.9. The van der Waals surface area contributed by atoms with Crippen molar-refractivity contribution in [2.75, 3.05) is 13.7 Å². The summed E-state index contributed by atoms with van der Waals surface area (Å²) in [5, 5.41) is 22.9. The summed E-state index contributed by atoms with van der Waals surface area (Å²) < 4.78 is 5.05. The summed E-state index contributed by atoms with van der Waals surface area (Å²) in [6, 6.07) is 5.27. The number of aliphatic hydroxyl groups excluding tert-OH is 1. The van der Waals surface area contributed by atoms with Crippen LogP contribution in [0.3, 0.4) is 0 Å². The van der Waals surface area contributed by atoms with Gasteiger partial charge in [0.05, 0.1) is 13.2 Å². The van der Waals surface area contributed by atoms with Gasteiger partial charge in [-0.05, 0) is 31.7 Å². The van der Waals surface area contributed by atoms with Crippen molar-refractivity contribution < 1.29 is 14.9 Å². The number of aromatic hydroxyl groups is 1. The number of aliphatic hydroxyl groups is 1. The van der Waals surface area contributed by atoms with Crippen molar-refractivity contribution in [3.05, 3.63) is 23.8 Å². The number of ether oxygens (including phenoxy) is 1. The summed E-state index contributed by atoms with van der Waals surface area (Å²) in [6.07, 6.45) is 1.99. The van der Waals surface area contributed by atoms with E-state index in [1.54, 1.807) is 13.2 Å². The van der Waals surface area contributed by atoms with Crippen LogP contribution in [-0.4, -0.2) is 30.0 Å². The lowest BCUT2D eigenvalue weighted by molar-refractivity contribution is 0.145. The van der Waals surface area contributed by atoms with Gasteiger partial charge in [0.2, 0.25) is 0 Å². The molecule has 0 heterocycles. The molecule has 0 amide bonds. The number of nitrogens with one attached hydrogen (secondary N) is 1. The summed E-state index contributed by atoms with van der Waals surface area (Å²) in [6.45, 7) is 2.54. The van der Waals surface area contributed by atoms with E-state index in [2.05, 4.69) is 5.32 Å². The van der Waals surface area contributed by atoms with Gasteiger partial charge >= 0.3 is 0 Å². The van der Waals surface area contributed by atoms with Crippen LogP contribution in [0.5, 0.6) is 11.5 Å². The van der Waals surface area contributed by atoms with Gasteiger partial charge in [-0.1, -0.05) is 6.07 Å². The number of phenols is 1. The number of hydrogen-bond donors (Lipinski definition) is 3. The maximum absolute atomic E-state index is 9.90. The van der Waals surface area contributed by atoms with Crippen molar-refractivity contribution >= 4 is 0 Å². The van der Waals surface area contributed by atoms with Crippen molar-refractivity contribution in [3.63, 3.8) is 0 Å². The topological polar surface area (TPSA) is 61.7 Å². The van der Waals surface area contributed by atoms with Crippen molar-refractivity contribution in [2.45, 2.75) is 31.9 Å². The van der Waals surface area contributed by atoms with E-state index in [1.165, 1.54) is 0 Å². The Hall–Kier alpha value is -1.26. The van der Waals surface area contributed by atoms with Crippen LogP contribution in [0.1, 0.15) is 31.4 Å². The molecule has 3 N–H and O–H groups in total. The average Bonchev–Trinajstić information content (AvgIpc) is 3.19. The van der Waals surface area contributed by atoms with Crippen LogP contribution in [0.4, 0.5) is 0 Å². The molecule has 0 aliphatic heterocycles. The maximum Gasteiger partial charge on any atom is 0.124 e. The quantitative estimate of drug-likeness (QED) is 0.721. The third-order valence-corrected chi connectivity index (χ3v) is 3.50. The lowest BCUT2D eigenvalue weighted by Crippen LogP contribution is -2.30. The van der Waals surface area contributed by atoms with E-state index in [0.29, 0.717) is 18.2 Å². The first-order valence-electron chi connectivity index (χ1n) is 6.40. The van der Waals surface area contributed by atoms with Crippen LogP contribution in [0.25, 0.3) is 0 Å². The fraction of sp³-hybridized carbons (Fsp3) is 0.571. The number of methoxy groups -OCH3 is 1. The molecule has 2 atom stereocenters. The highest BCUT2D eigenvalue weighted by atomic mass is 16.5. The van der Waals surface area contributed by atoms with Gasteiger partial charge in [0.25, 0.3) is 0 Å². The number of benzene rings is 1. The zero-order valence-electron chi connectivity index (χ0n) is 10.9. The van der Waals surface area contributed by atoms with Crippen LogP contribution >= 0.6 is 0 Å². The molecule has 2 rings (SSSR count). The Kier molecular flexibility index (Phi) is 4.09. The Balaban J connectivity index is 1.92. The van der Waals surface area contributed by atoms with Gasteiger partial charge in [-0.15, -0.1) is 0 Å². The highest BCUT2D eigenvalue weighted by Crippen LogP contribution is 2.33. The van der Waals surface area contributed by atoms with Crippen LogP contribution in [-0.2, 0) is 0 Å². The normalized spacial score (nSPS) is 18.4. The van der Waals surface area contributed by atoms with Crippen LogP contribution in [0, 0.1) is 5.92 Å². The first-order valence-corrected chi connectivity index (χ1v) is 6.40. The Morgan fingerprint density at radius 3 is 2.72 bits per heavy atom. The minimum atomic E-state index is -0.271. The zero-order chi connectivity index (χ0) is 13.1. The summed E-state index contributed by atoms with van der Waals surface area (Å²) >= 11 is 0. The predicted molar refractivity (Wildman–Crippen MR) is 69.8 cm³/mol. The van der Waals surface area contributed by atoms with Gasteiger partial charge in [0.1, 0.15) is 11.5 Å². The standard InChI is InChI=1S/C14H21NO3/c1-9(15-8-14(17)10-3-4-10)12-6-5-11(18-2)7-13(12)16/h5-7,9-10,14-17H,3-4,8H2,1-2H3. The molecule has 1 saturated carbocycles. The minimum absolute atomic E-state index is 0.00399. The number of phenolic OH excluding ortho intramolecular Hbond substituents is 1. The second-order valence-electron chi connectivity index (χ2n) is 4.96. The van der Waals surface area contributed by atoms with Crippen molar-refractivity contribution in [1.29, 1.82) is 0 Å². The van der Waals surface area contributed by atoms with E-state index in [-0.39, 0.29) is 17.9 Å². The van der Waals surface area contributed by atoms with Gasteiger partial charge in [-0.25, -0.2) is 0 Å². The van der Waals surface area contributed by atoms with Crippen LogP contribution in [0.2, 0.25) is 0 Å². The molecule has 0 saturated heterocycles. The highest BCUT2D eigenvalue weighted by molar-refractivity contribution is 5.41. The van der Waals surface area contributed by atoms with Crippen molar-refractivity contribution in [2.24, 2.45) is 5.92 Å². The molecule has 0 aromatic heterocycles. The molecule has 1 fully saturated rings. The second kappa shape index (κ2) is 5.59. The molecule has 0 bridgehead atoms. The van der Waals surface area contributed by atoms with Gasteiger partial charge in [-0.2, -0.15) is 0 Å². The average molecular weight is 251 g/mol. The van der Waals surface area contributed by atoms with Gasteiger partial charge in [0, 0.05) is 24.2 Å². The molecule has 0 spiro atoms. The summed E-state index contributed by atoms with van der Waals surface area (Å²) in [5.74, 6) is 1.32. The maximum atomic E-state index is 9.90. The molecule has 18 heavy (non-hydrogen) atoms. The van der Waals surface area contributed by atoms with Crippen LogP contribution in [0.15, 0.2) is 18.2 Å². The molecule has 100 valence electrons. The SMILES string of the molecule is COc1ccc(C(C)NCC(O)C2CC2)c(O)c1. The number of rotatable bonds is 6. The van der Waals surface area contributed by atoms with Gasteiger partial charge in [-0.3, -0.25) is 0 Å². The molecule has 4 nitrogen and oxygen atoms in total. The lowest BCUT2D eigenvalue weighted by Gasteiger charge is -2.18. The highest BCUT2D eigenvalue weighted by Gasteiger charge is 2.29. The molecule has 4 heteroatoms. The van der Waals surface area contributed by atoms with Crippen molar-refractivity contribution in [1.82, 2.24) is 5.32 Å². The fourth-order valence-corrected chi connectivity index (χ4v) is 2.07. The van der Waals surface area contributed by atoms with Gasteiger partial charge < -0.3 is 20.3 Å². The van der Waals surface area contributed by atoms with E-state index in [0.717, 1.165) is 18.4 Å². The molecule has 0 radical (unpaired) electrons. The van der Waals surface area contributed by atoms with Crippen molar-refractivity contribution in [3.8, 4) is 11.5 Å². The Morgan fingerprint density at radius 1 is 1.44 bits per heavy atom. The van der Waals surface area contributed by atoms with Crippen LogP contribution < -0.4 is 10.1 Å². The predicted octanol–water partition coefficient (Wildman–Crippen LogP) is 1.82. The molecule has 1 aliphatic carbocycles. The smallest absolute Gasteiger partial charge is 0.124 e. The van der Waals surface area contributed by atoms with E-state index in [4.69, 9.17) is 4.74 Å². The first kappa shape index (κ1) is 13.2. The minimum Gasteiger partial charge on any atom is -0.507 e. The fourth-order valence-electron chi connectivity index (χ4n) is 2.07. The molecule has 2 unspecified atom stereocenters. The van der Waals surface area contributed by atoms with E-state index >= 15 is 0 Å². The number of hydrogen-bond acceptors (Lipinski definition) is 4. The molecular weight excluding hydrogens is 230 g/mol. The van der Waals surface area contributed by atoms with Gasteiger partial charge in [0.15, 0.2) is 0 Å². The molecule has 1 aromatic carbocycles. The first-order chi connectivity index (χ1) is 8.61. The van der Waals surface area contributed by atoms with E-state index in [9.17, 15) is 10.2 Å². The molecule has 1 aromatic rings. The lowest BCUT2D eigenvalue weighted by atomic mass is 10.1. The van der Waals surface area contributed by atoms with E-state index in [1.807, 2.05) is 19.1 Å². The molecule has 1 aliphatic rings. The summed E-state index contributed by atoms with van der Waals surface area (Å²) in [7, 11) is 1.57. The summed E-state index contributed by atoms with van der Waals surface area (Å²) in [5.41, 5.74) is 0.818.